The van der Waals surface area contributed by atoms with Gasteiger partial charge in [-0.1, -0.05) is 18.2 Å². The lowest BCUT2D eigenvalue weighted by atomic mass is 10.1. The highest BCUT2D eigenvalue weighted by Gasteiger charge is 2.21. The zero-order valence-corrected chi connectivity index (χ0v) is 18.9. The third-order valence-corrected chi connectivity index (χ3v) is 6.34. The average Bonchev–Trinajstić information content (AvgIpc) is 3.13. The number of nitrogens with zero attached hydrogens (tertiary/aromatic N) is 3. The Balaban J connectivity index is 0.00000240. The quantitative estimate of drug-likeness (QED) is 0.580. The van der Waals surface area contributed by atoms with E-state index in [0.29, 0.717) is 0 Å². The first-order chi connectivity index (χ1) is 13.6. The molecule has 0 bridgehead atoms. The van der Waals surface area contributed by atoms with Crippen LogP contribution in [0.15, 0.2) is 42.5 Å². The van der Waals surface area contributed by atoms with Crippen molar-refractivity contribution in [2.24, 2.45) is 5.73 Å². The summed E-state index contributed by atoms with van der Waals surface area (Å²) in [5, 5.41) is 0.872. The summed E-state index contributed by atoms with van der Waals surface area (Å²) in [6.07, 6.45) is 0. The number of hydrogen-bond acceptors (Lipinski definition) is 6. The second kappa shape index (κ2) is 9.95. The minimum absolute atomic E-state index is 0. The summed E-state index contributed by atoms with van der Waals surface area (Å²) in [4.78, 5) is 9.41. The molecule has 0 aliphatic carbocycles. The largest absolute Gasteiger partial charge is 0.496 e. The summed E-state index contributed by atoms with van der Waals surface area (Å²) in [5.74, 6) is 0.710. The van der Waals surface area contributed by atoms with E-state index in [4.69, 9.17) is 10.5 Å². The van der Waals surface area contributed by atoms with Gasteiger partial charge in [-0.05, 0) is 24.3 Å². The van der Waals surface area contributed by atoms with Gasteiger partial charge >= 0.3 is 0 Å². The monoisotopic (exact) mass is 480 g/mol. The van der Waals surface area contributed by atoms with Gasteiger partial charge in [0.05, 0.1) is 23.4 Å². The van der Waals surface area contributed by atoms with Crippen LogP contribution in [0.1, 0.15) is 16.6 Å². The van der Waals surface area contributed by atoms with E-state index in [1.54, 1.807) is 13.2 Å². The highest BCUT2D eigenvalue weighted by molar-refractivity contribution is 8.93. The van der Waals surface area contributed by atoms with Gasteiger partial charge in [-0.25, -0.2) is 9.37 Å². The fourth-order valence-electron chi connectivity index (χ4n) is 3.64. The Kier molecular flexibility index (Phi) is 7.59. The Labute approximate surface area is 185 Å². The van der Waals surface area contributed by atoms with Crippen LogP contribution in [0.2, 0.25) is 0 Å². The van der Waals surface area contributed by atoms with E-state index in [1.165, 1.54) is 29.0 Å². The molecule has 1 saturated heterocycles. The van der Waals surface area contributed by atoms with Gasteiger partial charge in [-0.15, -0.1) is 28.3 Å². The van der Waals surface area contributed by atoms with Gasteiger partial charge in [0, 0.05) is 44.8 Å². The highest BCUT2D eigenvalue weighted by Crippen LogP contribution is 2.27. The molecule has 29 heavy (non-hydrogen) atoms. The Morgan fingerprint density at radius 3 is 2.62 bits per heavy atom. The van der Waals surface area contributed by atoms with E-state index < -0.39 is 0 Å². The van der Waals surface area contributed by atoms with Crippen molar-refractivity contribution in [1.82, 2.24) is 14.8 Å². The van der Waals surface area contributed by atoms with Crippen molar-refractivity contribution < 1.29 is 9.13 Å². The Bertz CT molecular complexity index is 945. The number of fused-ring (bicyclic) bond motifs is 1. The minimum Gasteiger partial charge on any atom is -0.496 e. The summed E-state index contributed by atoms with van der Waals surface area (Å²) < 4.78 is 19.7. The van der Waals surface area contributed by atoms with Gasteiger partial charge in [-0.3, -0.25) is 9.80 Å². The molecule has 4 rings (SSSR count). The van der Waals surface area contributed by atoms with Crippen molar-refractivity contribution in [3.05, 3.63) is 58.9 Å². The second-order valence-corrected chi connectivity index (χ2v) is 8.22. The van der Waals surface area contributed by atoms with Gasteiger partial charge in [0.1, 0.15) is 16.6 Å². The topological polar surface area (TPSA) is 54.6 Å². The molecule has 1 atom stereocenters. The summed E-state index contributed by atoms with van der Waals surface area (Å²) >= 11 is 1.49. The molecule has 1 aliphatic rings. The molecule has 1 aliphatic heterocycles. The predicted molar refractivity (Wildman–Crippen MR) is 122 cm³/mol. The standard InChI is InChI=1S/C21H25FN4OS.BrH/c1-27-19-5-3-2-4-15(19)13-25-8-10-26(11-9-25)14-17(23)21-24-18-7-6-16(22)12-20(18)28-21;/h2-7,12,17H,8-11,13-14,23H2,1H3;1H. The number of benzene rings is 2. The van der Waals surface area contributed by atoms with E-state index in [0.717, 1.165) is 60.2 Å². The molecule has 2 heterocycles. The van der Waals surface area contributed by atoms with Crippen LogP contribution in [0.3, 0.4) is 0 Å². The van der Waals surface area contributed by atoms with Crippen LogP contribution in [0.5, 0.6) is 5.75 Å². The summed E-state index contributed by atoms with van der Waals surface area (Å²) in [7, 11) is 1.72. The van der Waals surface area contributed by atoms with E-state index in [-0.39, 0.29) is 28.8 Å². The third kappa shape index (κ3) is 5.32. The molecule has 5 nitrogen and oxygen atoms in total. The maximum absolute atomic E-state index is 13.4. The molecular formula is C21H26BrFN4OS. The van der Waals surface area contributed by atoms with Crippen LogP contribution in [-0.4, -0.2) is 54.6 Å². The molecule has 156 valence electrons. The number of piperazine rings is 1. The maximum atomic E-state index is 13.4. The maximum Gasteiger partial charge on any atom is 0.124 e. The molecule has 1 aromatic heterocycles. The van der Waals surface area contributed by atoms with Crippen LogP contribution in [-0.2, 0) is 6.54 Å². The molecule has 2 aromatic carbocycles. The molecule has 8 heteroatoms. The molecule has 0 radical (unpaired) electrons. The van der Waals surface area contributed by atoms with Crippen LogP contribution < -0.4 is 10.5 Å². The second-order valence-electron chi connectivity index (χ2n) is 7.16. The lowest BCUT2D eigenvalue weighted by Crippen LogP contribution is -2.47. The number of rotatable bonds is 6. The predicted octanol–water partition coefficient (Wildman–Crippen LogP) is 3.84. The zero-order valence-electron chi connectivity index (χ0n) is 16.4. The Morgan fingerprint density at radius 1 is 1.14 bits per heavy atom. The van der Waals surface area contributed by atoms with Gasteiger partial charge in [0.2, 0.25) is 0 Å². The highest BCUT2D eigenvalue weighted by atomic mass is 79.9. The van der Waals surface area contributed by atoms with E-state index >= 15 is 0 Å². The number of methoxy groups -OCH3 is 1. The molecule has 0 amide bonds. The molecule has 2 N–H and O–H groups in total. The first kappa shape index (κ1) is 22.1. The molecule has 1 unspecified atom stereocenters. The molecule has 1 fully saturated rings. The zero-order chi connectivity index (χ0) is 19.5. The fourth-order valence-corrected chi connectivity index (χ4v) is 4.62. The number of thiazole rings is 1. The van der Waals surface area contributed by atoms with E-state index in [1.807, 2.05) is 12.1 Å². The average molecular weight is 481 g/mol. The lowest BCUT2D eigenvalue weighted by Gasteiger charge is -2.35. The SMILES string of the molecule is Br.COc1ccccc1CN1CCN(CC(N)c2nc3ccc(F)cc3s2)CC1. The van der Waals surface area contributed by atoms with Crippen LogP contribution in [0, 0.1) is 5.82 Å². The Morgan fingerprint density at radius 2 is 1.86 bits per heavy atom. The first-order valence-electron chi connectivity index (χ1n) is 9.50. The van der Waals surface area contributed by atoms with Crippen molar-refractivity contribution in [2.75, 3.05) is 39.8 Å². The number of aromatic nitrogens is 1. The van der Waals surface area contributed by atoms with Crippen molar-refractivity contribution in [1.29, 1.82) is 0 Å². The summed E-state index contributed by atoms with van der Waals surface area (Å²) in [6, 6.07) is 12.7. The number of halogens is 2. The van der Waals surface area contributed by atoms with Crippen molar-refractivity contribution in [2.45, 2.75) is 12.6 Å². The van der Waals surface area contributed by atoms with E-state index in [2.05, 4.69) is 26.9 Å². The Hall–Kier alpha value is -1.58. The molecule has 0 spiro atoms. The van der Waals surface area contributed by atoms with Crippen LogP contribution in [0.25, 0.3) is 10.2 Å². The van der Waals surface area contributed by atoms with Gasteiger partial charge in [0.15, 0.2) is 0 Å². The van der Waals surface area contributed by atoms with Gasteiger partial charge < -0.3 is 10.5 Å². The van der Waals surface area contributed by atoms with Crippen LogP contribution >= 0.6 is 28.3 Å². The van der Waals surface area contributed by atoms with Gasteiger partial charge in [-0.2, -0.15) is 0 Å². The summed E-state index contributed by atoms with van der Waals surface area (Å²) in [6.45, 7) is 5.61. The lowest BCUT2D eigenvalue weighted by molar-refractivity contribution is 0.121. The number of nitrogens with two attached hydrogens (primary N) is 1. The van der Waals surface area contributed by atoms with Crippen molar-refractivity contribution in [3.8, 4) is 5.75 Å². The molecular weight excluding hydrogens is 455 g/mol. The fraction of sp³-hybridized carbons (Fsp3) is 0.381. The summed E-state index contributed by atoms with van der Waals surface area (Å²) in [5.41, 5.74) is 8.44. The van der Waals surface area contributed by atoms with Crippen LogP contribution in [0.4, 0.5) is 4.39 Å². The molecule has 0 saturated carbocycles. The van der Waals surface area contributed by atoms with E-state index in [9.17, 15) is 4.39 Å². The van der Waals surface area contributed by atoms with Crippen molar-refractivity contribution >= 4 is 38.5 Å². The number of hydrogen-bond donors (Lipinski definition) is 1. The normalized spacial score (nSPS) is 16.5. The smallest absolute Gasteiger partial charge is 0.124 e. The minimum atomic E-state index is -0.234. The molecule has 3 aromatic rings. The third-order valence-electron chi connectivity index (χ3n) is 5.19. The van der Waals surface area contributed by atoms with Crippen molar-refractivity contribution in [3.63, 3.8) is 0 Å². The first-order valence-corrected chi connectivity index (χ1v) is 10.3. The van der Waals surface area contributed by atoms with Gasteiger partial charge in [0.25, 0.3) is 0 Å². The number of para-hydroxylation sites is 1. The number of ether oxygens (including phenoxy) is 1.